The number of hydrogen-bond donors (Lipinski definition) is 1. The van der Waals surface area contributed by atoms with Crippen LogP contribution in [0.4, 0.5) is 0 Å². The lowest BCUT2D eigenvalue weighted by molar-refractivity contribution is 0.558. The minimum atomic E-state index is 0.600. The number of hydrogen-bond acceptors (Lipinski definition) is 2. The first-order chi connectivity index (χ1) is 8.68. The molecule has 1 nitrogen and oxygen atoms in total. The van der Waals surface area contributed by atoms with Crippen molar-refractivity contribution in [2.75, 3.05) is 6.54 Å². The van der Waals surface area contributed by atoms with Gasteiger partial charge in [-0.3, -0.25) is 0 Å². The summed E-state index contributed by atoms with van der Waals surface area (Å²) in [6, 6.07) is 7.08. The second kappa shape index (κ2) is 6.69. The maximum Gasteiger partial charge on any atom is 0.0487 e. The van der Waals surface area contributed by atoms with E-state index in [1.807, 2.05) is 11.3 Å². The first-order valence-corrected chi connectivity index (χ1v) is 8.23. The number of benzene rings is 1. The van der Waals surface area contributed by atoms with Crippen LogP contribution in [0.15, 0.2) is 28.1 Å². The molecule has 0 radical (unpaired) electrons. The molecule has 3 heteroatoms. The molecule has 1 aromatic carbocycles. The van der Waals surface area contributed by atoms with E-state index in [0.717, 1.165) is 6.54 Å². The van der Waals surface area contributed by atoms with Crippen molar-refractivity contribution in [3.05, 3.63) is 33.6 Å². The Balaban J connectivity index is 1.90. The van der Waals surface area contributed by atoms with Crippen LogP contribution in [0.5, 0.6) is 0 Å². The van der Waals surface area contributed by atoms with Crippen molar-refractivity contribution in [1.29, 1.82) is 0 Å². The topological polar surface area (TPSA) is 12.0 Å². The van der Waals surface area contributed by atoms with E-state index in [2.05, 4.69) is 58.7 Å². The van der Waals surface area contributed by atoms with E-state index < -0.39 is 0 Å². The predicted octanol–water partition coefficient (Wildman–Crippen LogP) is 4.98. The van der Waals surface area contributed by atoms with Crippen molar-refractivity contribution in [2.24, 2.45) is 0 Å². The fourth-order valence-electron chi connectivity index (χ4n) is 2.10. The largest absolute Gasteiger partial charge is 0.315 e. The molecule has 2 aromatic rings. The fourth-order valence-corrected chi connectivity index (χ4v) is 3.76. The molecule has 18 heavy (non-hydrogen) atoms. The third-order valence-electron chi connectivity index (χ3n) is 3.06. The molecule has 0 spiro atoms. The number of unbranched alkanes of at least 4 members (excludes halogenated alkanes) is 1. The molecule has 0 amide bonds. The average molecular weight is 326 g/mol. The second-order valence-corrected chi connectivity index (χ2v) is 6.68. The molecular weight excluding hydrogens is 306 g/mol. The SMILES string of the molecule is CC(C)NCCCCc1csc2c(Br)cccc12. The van der Waals surface area contributed by atoms with Crippen LogP contribution in [0.25, 0.3) is 10.1 Å². The van der Waals surface area contributed by atoms with Gasteiger partial charge >= 0.3 is 0 Å². The molecule has 0 aliphatic rings. The van der Waals surface area contributed by atoms with Gasteiger partial charge in [0.1, 0.15) is 0 Å². The predicted molar refractivity (Wildman–Crippen MR) is 85.6 cm³/mol. The molecule has 0 atom stereocenters. The molecule has 0 saturated heterocycles. The van der Waals surface area contributed by atoms with Crippen molar-refractivity contribution in [3.63, 3.8) is 0 Å². The summed E-state index contributed by atoms with van der Waals surface area (Å²) in [6.45, 7) is 5.53. The number of fused-ring (bicyclic) bond motifs is 1. The van der Waals surface area contributed by atoms with E-state index in [1.54, 1.807) is 0 Å². The summed E-state index contributed by atoms with van der Waals surface area (Å²) in [5.41, 5.74) is 1.50. The third-order valence-corrected chi connectivity index (χ3v) is 5.06. The Kier molecular flexibility index (Phi) is 5.22. The molecule has 0 aliphatic heterocycles. The van der Waals surface area contributed by atoms with Crippen LogP contribution in [0, 0.1) is 0 Å². The Morgan fingerprint density at radius 1 is 1.28 bits per heavy atom. The molecule has 1 N–H and O–H groups in total. The molecule has 2 rings (SSSR count). The van der Waals surface area contributed by atoms with E-state index >= 15 is 0 Å². The van der Waals surface area contributed by atoms with Crippen molar-refractivity contribution < 1.29 is 0 Å². The quantitative estimate of drug-likeness (QED) is 0.738. The third kappa shape index (κ3) is 3.56. The molecule has 0 unspecified atom stereocenters. The Morgan fingerprint density at radius 3 is 2.89 bits per heavy atom. The Bertz CT molecular complexity index is 504. The zero-order valence-corrected chi connectivity index (χ0v) is 13.4. The second-order valence-electron chi connectivity index (χ2n) is 4.94. The van der Waals surface area contributed by atoms with E-state index in [9.17, 15) is 0 Å². The highest BCUT2D eigenvalue weighted by molar-refractivity contribution is 9.10. The highest BCUT2D eigenvalue weighted by atomic mass is 79.9. The summed E-state index contributed by atoms with van der Waals surface area (Å²) < 4.78 is 2.60. The van der Waals surface area contributed by atoms with Crippen LogP contribution in [0.3, 0.4) is 0 Å². The van der Waals surface area contributed by atoms with Crippen LogP contribution in [-0.2, 0) is 6.42 Å². The summed E-state index contributed by atoms with van der Waals surface area (Å²) in [4.78, 5) is 0. The summed E-state index contributed by atoms with van der Waals surface area (Å²) >= 11 is 5.47. The van der Waals surface area contributed by atoms with Crippen LogP contribution < -0.4 is 5.32 Å². The van der Waals surface area contributed by atoms with Crippen molar-refractivity contribution in [2.45, 2.75) is 39.2 Å². The average Bonchev–Trinajstić information content (AvgIpc) is 2.73. The van der Waals surface area contributed by atoms with Gasteiger partial charge in [0, 0.05) is 15.2 Å². The Hall–Kier alpha value is -0.380. The van der Waals surface area contributed by atoms with Gasteiger partial charge in [-0.25, -0.2) is 0 Å². The monoisotopic (exact) mass is 325 g/mol. The summed E-state index contributed by atoms with van der Waals surface area (Å²) in [7, 11) is 0. The maximum absolute atomic E-state index is 3.62. The van der Waals surface area contributed by atoms with Crippen molar-refractivity contribution >= 4 is 37.4 Å². The van der Waals surface area contributed by atoms with Gasteiger partial charge in [0.25, 0.3) is 0 Å². The normalized spacial score (nSPS) is 11.6. The Morgan fingerprint density at radius 2 is 2.11 bits per heavy atom. The molecular formula is C15H20BrNS. The minimum absolute atomic E-state index is 0.600. The van der Waals surface area contributed by atoms with Crippen molar-refractivity contribution in [1.82, 2.24) is 5.32 Å². The van der Waals surface area contributed by atoms with Gasteiger partial charge in [-0.1, -0.05) is 26.0 Å². The number of halogens is 1. The molecule has 1 heterocycles. The van der Waals surface area contributed by atoms with Crippen LogP contribution >= 0.6 is 27.3 Å². The maximum atomic E-state index is 3.62. The van der Waals surface area contributed by atoms with Gasteiger partial charge in [0.2, 0.25) is 0 Å². The molecule has 1 aromatic heterocycles. The van der Waals surface area contributed by atoms with Crippen LogP contribution in [0.2, 0.25) is 0 Å². The van der Waals surface area contributed by atoms with Gasteiger partial charge in [0.05, 0.1) is 0 Å². The number of aryl methyl sites for hydroxylation is 1. The molecule has 0 saturated carbocycles. The number of rotatable bonds is 6. The standard InChI is InChI=1S/C15H20BrNS/c1-11(2)17-9-4-3-6-12-10-18-15-13(12)7-5-8-14(15)16/h5,7-8,10-11,17H,3-4,6,9H2,1-2H3. The lowest BCUT2D eigenvalue weighted by atomic mass is 10.1. The van der Waals surface area contributed by atoms with E-state index in [-0.39, 0.29) is 0 Å². The number of thiophene rings is 1. The van der Waals surface area contributed by atoms with Gasteiger partial charge < -0.3 is 5.32 Å². The molecule has 98 valence electrons. The highest BCUT2D eigenvalue weighted by Gasteiger charge is 2.06. The van der Waals surface area contributed by atoms with Crippen LogP contribution in [0.1, 0.15) is 32.3 Å². The van der Waals surface area contributed by atoms with Gasteiger partial charge in [-0.15, -0.1) is 11.3 Å². The highest BCUT2D eigenvalue weighted by Crippen LogP contribution is 2.32. The van der Waals surface area contributed by atoms with Crippen LogP contribution in [-0.4, -0.2) is 12.6 Å². The first kappa shape index (κ1) is 14.0. The van der Waals surface area contributed by atoms with E-state index in [4.69, 9.17) is 0 Å². The summed E-state index contributed by atoms with van der Waals surface area (Å²) in [6.07, 6.45) is 3.71. The minimum Gasteiger partial charge on any atom is -0.315 e. The summed E-state index contributed by atoms with van der Waals surface area (Å²) in [5.74, 6) is 0. The zero-order valence-electron chi connectivity index (χ0n) is 11.0. The first-order valence-electron chi connectivity index (χ1n) is 6.56. The molecule has 0 aliphatic carbocycles. The lowest BCUT2D eigenvalue weighted by Gasteiger charge is -2.07. The van der Waals surface area contributed by atoms with Gasteiger partial charge in [-0.05, 0) is 64.1 Å². The molecule has 0 fully saturated rings. The van der Waals surface area contributed by atoms with Gasteiger partial charge in [0.15, 0.2) is 0 Å². The summed E-state index contributed by atoms with van der Waals surface area (Å²) in [5, 5.41) is 7.20. The fraction of sp³-hybridized carbons (Fsp3) is 0.467. The lowest BCUT2D eigenvalue weighted by Crippen LogP contribution is -2.23. The van der Waals surface area contributed by atoms with Crippen molar-refractivity contribution in [3.8, 4) is 0 Å². The smallest absolute Gasteiger partial charge is 0.0487 e. The van der Waals surface area contributed by atoms with Gasteiger partial charge in [-0.2, -0.15) is 0 Å². The number of nitrogens with one attached hydrogen (secondary N) is 1. The van der Waals surface area contributed by atoms with E-state index in [0.29, 0.717) is 6.04 Å². The Labute approximate surface area is 122 Å². The zero-order chi connectivity index (χ0) is 13.0. The van der Waals surface area contributed by atoms with E-state index in [1.165, 1.54) is 39.4 Å². The molecule has 0 bridgehead atoms.